The minimum Gasteiger partial charge on any atom is -0.349 e. The molecule has 4 rings (SSSR count). The molecule has 0 radical (unpaired) electrons. The van der Waals surface area contributed by atoms with Gasteiger partial charge in [0.15, 0.2) is 0 Å². The highest BCUT2D eigenvalue weighted by molar-refractivity contribution is 5.94. The summed E-state index contributed by atoms with van der Waals surface area (Å²) in [6.07, 6.45) is 6.17. The molecule has 128 valence electrons. The van der Waals surface area contributed by atoms with Crippen LogP contribution in [0.25, 0.3) is 0 Å². The first-order valence-corrected chi connectivity index (χ1v) is 9.11. The fourth-order valence-electron chi connectivity index (χ4n) is 4.30. The van der Waals surface area contributed by atoms with Crippen LogP contribution in [0.2, 0.25) is 0 Å². The highest BCUT2D eigenvalue weighted by atomic mass is 16.2. The number of hydrogen-bond acceptors (Lipinski definition) is 3. The smallest absolute Gasteiger partial charge is 0.251 e. The standard InChI is InChI=1S/C19H25N3O2/c23-18-2-1-9-22(18)12-13-3-5-14(6-4-13)19(24)21-17-10-15-7-8-16(11-17)20-15/h3-6,15-17,20H,1-2,7-12H2,(H,21,24). The number of carbonyl (C=O) groups is 2. The van der Waals surface area contributed by atoms with E-state index in [1.807, 2.05) is 29.2 Å². The van der Waals surface area contributed by atoms with E-state index in [2.05, 4.69) is 10.6 Å². The molecule has 3 saturated heterocycles. The van der Waals surface area contributed by atoms with Gasteiger partial charge in [0.05, 0.1) is 0 Å². The molecule has 2 unspecified atom stereocenters. The second kappa shape index (κ2) is 6.55. The third kappa shape index (κ3) is 3.31. The van der Waals surface area contributed by atoms with Gasteiger partial charge in [0.2, 0.25) is 5.91 Å². The van der Waals surface area contributed by atoms with Crippen LogP contribution in [-0.2, 0) is 11.3 Å². The molecule has 2 atom stereocenters. The Hall–Kier alpha value is -1.88. The molecule has 1 aromatic rings. The van der Waals surface area contributed by atoms with Gasteiger partial charge in [-0.3, -0.25) is 9.59 Å². The molecule has 3 heterocycles. The highest BCUT2D eigenvalue weighted by Gasteiger charge is 2.34. The maximum atomic E-state index is 12.5. The minimum absolute atomic E-state index is 0.0186. The minimum atomic E-state index is 0.0186. The number of benzene rings is 1. The molecule has 0 spiro atoms. The van der Waals surface area contributed by atoms with Crippen LogP contribution in [0.3, 0.4) is 0 Å². The zero-order valence-electron chi connectivity index (χ0n) is 14.0. The molecule has 3 aliphatic heterocycles. The Bertz CT molecular complexity index is 616. The monoisotopic (exact) mass is 327 g/mol. The van der Waals surface area contributed by atoms with Crippen LogP contribution in [0.15, 0.2) is 24.3 Å². The van der Waals surface area contributed by atoms with E-state index in [-0.39, 0.29) is 17.9 Å². The lowest BCUT2D eigenvalue weighted by molar-refractivity contribution is -0.128. The molecule has 0 aromatic heterocycles. The van der Waals surface area contributed by atoms with Crippen LogP contribution < -0.4 is 10.6 Å². The summed E-state index contributed by atoms with van der Waals surface area (Å²) in [7, 11) is 0. The van der Waals surface area contributed by atoms with Gasteiger partial charge in [-0.25, -0.2) is 0 Å². The zero-order valence-corrected chi connectivity index (χ0v) is 14.0. The van der Waals surface area contributed by atoms with Crippen LogP contribution in [0, 0.1) is 0 Å². The lowest BCUT2D eigenvalue weighted by Gasteiger charge is -2.29. The van der Waals surface area contributed by atoms with Crippen LogP contribution in [-0.4, -0.2) is 41.4 Å². The van der Waals surface area contributed by atoms with Gasteiger partial charge in [0.1, 0.15) is 0 Å². The number of nitrogens with zero attached hydrogens (tertiary/aromatic N) is 1. The SMILES string of the molecule is O=C(NC1CC2CCC(C1)N2)c1ccc(CN2CCCC2=O)cc1. The van der Waals surface area contributed by atoms with Gasteiger partial charge in [-0.1, -0.05) is 12.1 Å². The molecule has 2 bridgehead atoms. The van der Waals surface area contributed by atoms with Gasteiger partial charge in [0, 0.05) is 43.2 Å². The van der Waals surface area contributed by atoms with E-state index in [0.29, 0.717) is 30.6 Å². The molecule has 3 fully saturated rings. The Balaban J connectivity index is 1.34. The van der Waals surface area contributed by atoms with Crippen molar-refractivity contribution in [2.45, 2.75) is 63.2 Å². The largest absolute Gasteiger partial charge is 0.349 e. The first-order valence-electron chi connectivity index (χ1n) is 9.11. The molecule has 0 saturated carbocycles. The van der Waals surface area contributed by atoms with E-state index in [1.54, 1.807) is 0 Å². The molecule has 0 aliphatic carbocycles. The molecule has 2 N–H and O–H groups in total. The summed E-state index contributed by atoms with van der Waals surface area (Å²) < 4.78 is 0. The lowest BCUT2D eigenvalue weighted by Crippen LogP contribution is -2.48. The van der Waals surface area contributed by atoms with Gasteiger partial charge < -0.3 is 15.5 Å². The summed E-state index contributed by atoms with van der Waals surface area (Å²) in [6, 6.07) is 9.13. The van der Waals surface area contributed by atoms with E-state index < -0.39 is 0 Å². The first kappa shape index (κ1) is 15.6. The third-order valence-corrected chi connectivity index (χ3v) is 5.57. The van der Waals surface area contributed by atoms with Crippen LogP contribution in [0.1, 0.15) is 54.4 Å². The average Bonchev–Trinajstić information content (AvgIpc) is 3.13. The van der Waals surface area contributed by atoms with Gasteiger partial charge in [-0.05, 0) is 49.8 Å². The average molecular weight is 327 g/mol. The summed E-state index contributed by atoms with van der Waals surface area (Å²) in [6.45, 7) is 1.50. The Kier molecular flexibility index (Phi) is 4.27. The number of carbonyl (C=O) groups excluding carboxylic acids is 2. The van der Waals surface area contributed by atoms with Crippen molar-refractivity contribution in [1.29, 1.82) is 0 Å². The molecular weight excluding hydrogens is 302 g/mol. The Morgan fingerprint density at radius 1 is 1.17 bits per heavy atom. The lowest BCUT2D eigenvalue weighted by atomic mass is 9.99. The van der Waals surface area contributed by atoms with E-state index in [9.17, 15) is 9.59 Å². The van der Waals surface area contributed by atoms with Gasteiger partial charge >= 0.3 is 0 Å². The van der Waals surface area contributed by atoms with Crippen molar-refractivity contribution in [3.63, 3.8) is 0 Å². The Labute approximate surface area is 142 Å². The zero-order chi connectivity index (χ0) is 16.5. The number of hydrogen-bond donors (Lipinski definition) is 2. The molecule has 5 nitrogen and oxygen atoms in total. The summed E-state index contributed by atoms with van der Waals surface area (Å²) in [4.78, 5) is 26.0. The first-order chi connectivity index (χ1) is 11.7. The molecule has 1 aromatic carbocycles. The topological polar surface area (TPSA) is 61.4 Å². The second-order valence-corrected chi connectivity index (χ2v) is 7.40. The van der Waals surface area contributed by atoms with Crippen LogP contribution in [0.4, 0.5) is 0 Å². The van der Waals surface area contributed by atoms with Crippen molar-refractivity contribution in [3.05, 3.63) is 35.4 Å². The Morgan fingerprint density at radius 2 is 1.88 bits per heavy atom. The van der Waals surface area contributed by atoms with Crippen LogP contribution in [0.5, 0.6) is 0 Å². The molecule has 24 heavy (non-hydrogen) atoms. The fraction of sp³-hybridized carbons (Fsp3) is 0.579. The third-order valence-electron chi connectivity index (χ3n) is 5.57. The Morgan fingerprint density at radius 3 is 2.50 bits per heavy atom. The summed E-state index contributed by atoms with van der Waals surface area (Å²) in [5.74, 6) is 0.252. The normalized spacial score (nSPS) is 29.1. The predicted molar refractivity (Wildman–Crippen MR) is 91.5 cm³/mol. The van der Waals surface area contributed by atoms with E-state index in [1.165, 1.54) is 12.8 Å². The van der Waals surface area contributed by atoms with E-state index in [4.69, 9.17) is 0 Å². The number of likely N-dealkylation sites (tertiary alicyclic amines) is 1. The fourth-order valence-corrected chi connectivity index (χ4v) is 4.30. The van der Waals surface area contributed by atoms with Gasteiger partial charge in [0.25, 0.3) is 5.91 Å². The quantitative estimate of drug-likeness (QED) is 0.887. The van der Waals surface area contributed by atoms with E-state index in [0.717, 1.165) is 31.4 Å². The van der Waals surface area contributed by atoms with Crippen LogP contribution >= 0.6 is 0 Å². The van der Waals surface area contributed by atoms with Crippen molar-refractivity contribution in [2.24, 2.45) is 0 Å². The number of rotatable bonds is 4. The van der Waals surface area contributed by atoms with Gasteiger partial charge in [-0.15, -0.1) is 0 Å². The molecule has 3 aliphatic rings. The van der Waals surface area contributed by atoms with Crippen molar-refractivity contribution in [3.8, 4) is 0 Å². The predicted octanol–water partition coefficient (Wildman–Crippen LogP) is 1.82. The maximum absolute atomic E-state index is 12.5. The number of piperidine rings is 1. The van der Waals surface area contributed by atoms with Crippen molar-refractivity contribution < 1.29 is 9.59 Å². The second-order valence-electron chi connectivity index (χ2n) is 7.40. The summed E-state index contributed by atoms with van der Waals surface area (Å²) in [5, 5.41) is 6.79. The number of fused-ring (bicyclic) bond motifs is 2. The molecular formula is C19H25N3O2. The van der Waals surface area contributed by atoms with Crippen molar-refractivity contribution >= 4 is 11.8 Å². The van der Waals surface area contributed by atoms with Crippen molar-refractivity contribution in [1.82, 2.24) is 15.5 Å². The summed E-state index contributed by atoms with van der Waals surface area (Å²) >= 11 is 0. The number of amides is 2. The van der Waals surface area contributed by atoms with Crippen molar-refractivity contribution in [2.75, 3.05) is 6.54 Å². The highest BCUT2D eigenvalue weighted by Crippen LogP contribution is 2.27. The van der Waals surface area contributed by atoms with Gasteiger partial charge in [-0.2, -0.15) is 0 Å². The maximum Gasteiger partial charge on any atom is 0.251 e. The van der Waals surface area contributed by atoms with E-state index >= 15 is 0 Å². The number of nitrogens with one attached hydrogen (secondary N) is 2. The molecule has 5 heteroatoms. The summed E-state index contributed by atoms with van der Waals surface area (Å²) in [5.41, 5.74) is 1.79. The molecule has 2 amide bonds.